The molecular formula is C18H25BN2O2. The first kappa shape index (κ1) is 16.3. The summed E-state index contributed by atoms with van der Waals surface area (Å²) >= 11 is 0. The van der Waals surface area contributed by atoms with Gasteiger partial charge in [0.25, 0.3) is 0 Å². The lowest BCUT2D eigenvalue weighted by Gasteiger charge is -2.32. The van der Waals surface area contributed by atoms with Gasteiger partial charge in [-0.05, 0) is 39.7 Å². The van der Waals surface area contributed by atoms with Crippen LogP contribution in [-0.2, 0) is 9.31 Å². The molecule has 0 aliphatic carbocycles. The van der Waals surface area contributed by atoms with Crippen molar-refractivity contribution in [1.82, 2.24) is 9.78 Å². The van der Waals surface area contributed by atoms with Gasteiger partial charge in [0.1, 0.15) is 0 Å². The van der Waals surface area contributed by atoms with Crippen molar-refractivity contribution < 1.29 is 9.31 Å². The summed E-state index contributed by atoms with van der Waals surface area (Å²) in [6.45, 7) is 10.4. The second-order valence-electron chi connectivity index (χ2n) is 7.18. The molecule has 1 fully saturated rings. The highest BCUT2D eigenvalue weighted by Crippen LogP contribution is 2.36. The van der Waals surface area contributed by atoms with E-state index in [4.69, 9.17) is 9.31 Å². The lowest BCUT2D eigenvalue weighted by atomic mass is 9.82. The van der Waals surface area contributed by atoms with Crippen LogP contribution in [0.3, 0.4) is 0 Å². The molecule has 1 atom stereocenters. The zero-order valence-electron chi connectivity index (χ0n) is 14.6. The van der Waals surface area contributed by atoms with Crippen LogP contribution in [0.2, 0.25) is 0 Å². The number of benzene rings is 1. The Hall–Kier alpha value is -1.59. The molecule has 0 saturated carbocycles. The Morgan fingerprint density at radius 2 is 1.70 bits per heavy atom. The number of aromatic nitrogens is 2. The van der Waals surface area contributed by atoms with E-state index in [0.717, 1.165) is 11.9 Å². The van der Waals surface area contributed by atoms with Gasteiger partial charge in [0.05, 0.1) is 17.2 Å². The van der Waals surface area contributed by atoms with Crippen LogP contribution in [-0.4, -0.2) is 28.1 Å². The zero-order valence-corrected chi connectivity index (χ0v) is 14.6. The molecule has 2 heterocycles. The van der Waals surface area contributed by atoms with Gasteiger partial charge in [-0.2, -0.15) is 5.10 Å². The Kier molecular flexibility index (Phi) is 4.11. The van der Waals surface area contributed by atoms with Crippen LogP contribution in [0, 0.1) is 0 Å². The highest BCUT2D eigenvalue weighted by molar-refractivity contribution is 6.62. The van der Waals surface area contributed by atoms with E-state index in [1.54, 1.807) is 0 Å². The summed E-state index contributed by atoms with van der Waals surface area (Å²) in [5.74, 6) is 0. The van der Waals surface area contributed by atoms with Gasteiger partial charge in [-0.1, -0.05) is 37.3 Å². The molecule has 23 heavy (non-hydrogen) atoms. The maximum Gasteiger partial charge on any atom is 0.498 e. The molecule has 1 aromatic carbocycles. The van der Waals surface area contributed by atoms with Crippen LogP contribution in [0.15, 0.2) is 42.7 Å². The number of hydrogen-bond donors (Lipinski definition) is 0. The fourth-order valence-electron chi connectivity index (χ4n) is 2.87. The van der Waals surface area contributed by atoms with Crippen LogP contribution in [0.25, 0.3) is 0 Å². The first-order chi connectivity index (χ1) is 10.8. The molecule has 0 radical (unpaired) electrons. The summed E-state index contributed by atoms with van der Waals surface area (Å²) in [5, 5.41) is 4.56. The smallest absolute Gasteiger partial charge is 0.399 e. The second kappa shape index (κ2) is 5.80. The molecule has 5 heteroatoms. The lowest BCUT2D eigenvalue weighted by molar-refractivity contribution is 0.00578. The number of nitrogens with zero attached hydrogens (tertiary/aromatic N) is 2. The van der Waals surface area contributed by atoms with Crippen molar-refractivity contribution in [2.24, 2.45) is 0 Å². The van der Waals surface area contributed by atoms with E-state index in [2.05, 4.69) is 64.0 Å². The third-order valence-electron chi connectivity index (χ3n) is 5.04. The topological polar surface area (TPSA) is 36.3 Å². The molecule has 1 aliphatic rings. The van der Waals surface area contributed by atoms with Crippen LogP contribution < -0.4 is 5.46 Å². The van der Waals surface area contributed by atoms with E-state index in [0.29, 0.717) is 0 Å². The van der Waals surface area contributed by atoms with Crippen molar-refractivity contribution in [3.8, 4) is 0 Å². The predicted molar refractivity (Wildman–Crippen MR) is 92.8 cm³/mol. The van der Waals surface area contributed by atoms with Gasteiger partial charge < -0.3 is 9.31 Å². The average Bonchev–Trinajstić information content (AvgIpc) is 3.05. The van der Waals surface area contributed by atoms with Crippen molar-refractivity contribution in [2.75, 3.05) is 0 Å². The fraction of sp³-hybridized carbons (Fsp3) is 0.500. The largest absolute Gasteiger partial charge is 0.498 e. The van der Waals surface area contributed by atoms with E-state index < -0.39 is 0 Å². The monoisotopic (exact) mass is 312 g/mol. The average molecular weight is 312 g/mol. The minimum absolute atomic E-state index is 0.229. The summed E-state index contributed by atoms with van der Waals surface area (Å²) in [6, 6.07) is 10.7. The minimum Gasteiger partial charge on any atom is -0.399 e. The Morgan fingerprint density at radius 1 is 1.09 bits per heavy atom. The van der Waals surface area contributed by atoms with Gasteiger partial charge in [0.15, 0.2) is 0 Å². The summed E-state index contributed by atoms with van der Waals surface area (Å²) < 4.78 is 14.2. The van der Waals surface area contributed by atoms with E-state index in [-0.39, 0.29) is 24.4 Å². The summed E-state index contributed by atoms with van der Waals surface area (Å²) in [7, 11) is -0.359. The highest BCUT2D eigenvalue weighted by Gasteiger charge is 2.52. The summed E-state index contributed by atoms with van der Waals surface area (Å²) in [4.78, 5) is 0. The van der Waals surface area contributed by atoms with Gasteiger partial charge in [-0.3, -0.25) is 4.68 Å². The zero-order chi connectivity index (χ0) is 16.7. The molecule has 0 amide bonds. The standard InChI is InChI=1S/C18H25BN2O2/c1-6-16(14-10-8-7-9-11-14)21-13-15(12-20-21)19-22-17(2,3)18(4,5)23-19/h7-13,16H,6H2,1-5H3/t16-/m1/s1. The molecule has 0 N–H and O–H groups in total. The lowest BCUT2D eigenvalue weighted by Crippen LogP contribution is -2.41. The van der Waals surface area contributed by atoms with Gasteiger partial charge in [0, 0.05) is 17.9 Å². The van der Waals surface area contributed by atoms with Crippen molar-refractivity contribution >= 4 is 12.6 Å². The number of hydrogen-bond acceptors (Lipinski definition) is 3. The third kappa shape index (κ3) is 2.95. The second-order valence-corrected chi connectivity index (χ2v) is 7.18. The van der Waals surface area contributed by atoms with E-state index >= 15 is 0 Å². The highest BCUT2D eigenvalue weighted by atomic mass is 16.7. The van der Waals surface area contributed by atoms with Crippen LogP contribution >= 0.6 is 0 Å². The maximum atomic E-state index is 6.11. The van der Waals surface area contributed by atoms with Crippen molar-refractivity contribution in [3.63, 3.8) is 0 Å². The van der Waals surface area contributed by atoms with Gasteiger partial charge in [0.2, 0.25) is 0 Å². The van der Waals surface area contributed by atoms with Crippen molar-refractivity contribution in [1.29, 1.82) is 0 Å². The Labute approximate surface area is 138 Å². The molecule has 2 aromatic rings. The SMILES string of the molecule is CC[C@H](c1ccccc1)n1cc(B2OC(C)(C)C(C)(C)O2)cn1. The summed E-state index contributed by atoms with van der Waals surface area (Å²) in [5.41, 5.74) is 1.57. The van der Waals surface area contributed by atoms with E-state index in [9.17, 15) is 0 Å². The Balaban J connectivity index is 1.84. The molecule has 0 bridgehead atoms. The molecule has 1 aliphatic heterocycles. The van der Waals surface area contributed by atoms with Crippen LogP contribution in [0.5, 0.6) is 0 Å². The van der Waals surface area contributed by atoms with E-state index in [1.807, 2.05) is 23.1 Å². The molecule has 0 spiro atoms. The third-order valence-corrected chi connectivity index (χ3v) is 5.04. The van der Waals surface area contributed by atoms with E-state index in [1.165, 1.54) is 5.56 Å². The quantitative estimate of drug-likeness (QED) is 0.814. The molecule has 0 unspecified atom stereocenters. The maximum absolute atomic E-state index is 6.11. The molecule has 4 nitrogen and oxygen atoms in total. The molecule has 122 valence electrons. The molecule has 1 saturated heterocycles. The first-order valence-electron chi connectivity index (χ1n) is 8.28. The fourth-order valence-corrected chi connectivity index (χ4v) is 2.87. The summed E-state index contributed by atoms with van der Waals surface area (Å²) in [6.07, 6.45) is 4.88. The molecular weight excluding hydrogens is 287 g/mol. The first-order valence-corrected chi connectivity index (χ1v) is 8.28. The normalized spacial score (nSPS) is 20.7. The predicted octanol–water partition coefficient (Wildman–Crippen LogP) is 3.18. The van der Waals surface area contributed by atoms with Crippen molar-refractivity contribution in [2.45, 2.75) is 58.3 Å². The Morgan fingerprint density at radius 3 is 2.26 bits per heavy atom. The number of rotatable bonds is 4. The molecule has 1 aromatic heterocycles. The van der Waals surface area contributed by atoms with Crippen molar-refractivity contribution in [3.05, 3.63) is 48.3 Å². The van der Waals surface area contributed by atoms with Gasteiger partial charge in [-0.15, -0.1) is 0 Å². The van der Waals surface area contributed by atoms with Gasteiger partial charge in [-0.25, -0.2) is 0 Å². The minimum atomic E-state index is -0.359. The van der Waals surface area contributed by atoms with Crippen LogP contribution in [0.1, 0.15) is 52.6 Å². The van der Waals surface area contributed by atoms with Crippen LogP contribution in [0.4, 0.5) is 0 Å². The van der Waals surface area contributed by atoms with Gasteiger partial charge >= 0.3 is 7.12 Å². The Bertz CT molecular complexity index is 651. The molecule has 3 rings (SSSR count).